The number of fused-ring (bicyclic) bond motifs is 1. The Morgan fingerprint density at radius 2 is 1.88 bits per heavy atom. The zero-order chi connectivity index (χ0) is 28.1. The van der Waals surface area contributed by atoms with Crippen LogP contribution in [0.1, 0.15) is 48.7 Å². The molecule has 1 amide bonds. The number of hydrogen-bond donors (Lipinski definition) is 2. The zero-order valence-electron chi connectivity index (χ0n) is 22.9. The number of carbonyl (C=O) groups is 2. The van der Waals surface area contributed by atoms with Crippen molar-refractivity contribution in [1.82, 2.24) is 10.3 Å². The van der Waals surface area contributed by atoms with Crippen LogP contribution in [-0.2, 0) is 25.4 Å². The third kappa shape index (κ3) is 6.21. The first-order valence-corrected chi connectivity index (χ1v) is 13.9. The van der Waals surface area contributed by atoms with Gasteiger partial charge in [-0.25, -0.2) is 9.78 Å². The van der Waals surface area contributed by atoms with Gasteiger partial charge in [-0.1, -0.05) is 55.3 Å². The summed E-state index contributed by atoms with van der Waals surface area (Å²) in [6, 6.07) is 14.9. The quantitative estimate of drug-likeness (QED) is 0.422. The van der Waals surface area contributed by atoms with Gasteiger partial charge in [0, 0.05) is 18.2 Å². The van der Waals surface area contributed by atoms with Gasteiger partial charge in [0.1, 0.15) is 6.10 Å². The van der Waals surface area contributed by atoms with E-state index in [4.69, 9.17) is 18.9 Å². The Bertz CT molecular complexity index is 1340. The topological polar surface area (TPSA) is 116 Å². The summed E-state index contributed by atoms with van der Waals surface area (Å²) in [6.45, 7) is 2.06. The fourth-order valence-corrected chi connectivity index (χ4v) is 5.71. The van der Waals surface area contributed by atoms with Gasteiger partial charge in [-0.05, 0) is 42.5 Å². The molecule has 2 aromatic carbocycles. The maximum absolute atomic E-state index is 13.2. The van der Waals surface area contributed by atoms with Crippen LogP contribution in [0.4, 0.5) is 0 Å². The number of nitrogens with zero attached hydrogens (tertiary/aromatic N) is 1. The summed E-state index contributed by atoms with van der Waals surface area (Å²) in [7, 11) is 1.38. The molecule has 0 bridgehead atoms. The molecule has 1 saturated heterocycles. The molecule has 0 radical (unpaired) electrons. The van der Waals surface area contributed by atoms with Crippen LogP contribution < -0.4 is 10.1 Å². The second-order valence-corrected chi connectivity index (χ2v) is 10.5. The monoisotopic (exact) mass is 548 g/mol. The van der Waals surface area contributed by atoms with Gasteiger partial charge in [0.25, 0.3) is 5.91 Å². The number of aromatic hydroxyl groups is 1. The third-order valence-corrected chi connectivity index (χ3v) is 7.77. The van der Waals surface area contributed by atoms with Crippen LogP contribution in [0, 0.1) is 5.92 Å². The molecule has 2 fully saturated rings. The maximum Gasteiger partial charge on any atom is 0.331 e. The molecule has 1 aromatic heterocycles. The molecular weight excluding hydrogens is 512 g/mol. The summed E-state index contributed by atoms with van der Waals surface area (Å²) in [5.41, 5.74) is 0.922. The van der Waals surface area contributed by atoms with E-state index in [2.05, 4.69) is 40.6 Å². The summed E-state index contributed by atoms with van der Waals surface area (Å²) in [6.07, 6.45) is 5.38. The molecule has 2 N–H and O–H groups in total. The molecule has 1 aliphatic carbocycles. The van der Waals surface area contributed by atoms with Crippen molar-refractivity contribution in [2.75, 3.05) is 20.3 Å². The van der Waals surface area contributed by atoms with E-state index < -0.39 is 29.8 Å². The summed E-state index contributed by atoms with van der Waals surface area (Å²) in [5.74, 6) is -1.76. The van der Waals surface area contributed by atoms with Gasteiger partial charge in [-0.15, -0.1) is 0 Å². The lowest BCUT2D eigenvalue weighted by Gasteiger charge is -2.33. The lowest BCUT2D eigenvalue weighted by atomic mass is 9.89. The standard InChI is InChI=1S/C31H36N2O7/c1-19-29(40-23-11-4-5-12-23)22(16-21-10-7-9-20-8-3-6-13-24(20)21)17-38-18-25(31(36)39-19)33-30(35)27-28(34)26(37-2)14-15-32-27/h3,6-10,13-15,19,22-23,25,29,34H,4-5,11-12,16-18H2,1-2H3,(H,33,35)/t19-,22-,25-,29-/m0/s1. The molecule has 40 heavy (non-hydrogen) atoms. The largest absolute Gasteiger partial charge is 0.503 e. The molecule has 2 heterocycles. The molecule has 0 unspecified atom stereocenters. The van der Waals surface area contributed by atoms with Gasteiger partial charge >= 0.3 is 5.97 Å². The molecule has 4 atom stereocenters. The Balaban J connectivity index is 1.38. The number of esters is 1. The summed E-state index contributed by atoms with van der Waals surface area (Å²) < 4.78 is 23.7. The smallest absolute Gasteiger partial charge is 0.331 e. The molecule has 1 saturated carbocycles. The fraction of sp³-hybridized carbons (Fsp3) is 0.452. The number of hydrogen-bond acceptors (Lipinski definition) is 8. The Hall–Kier alpha value is -3.69. The first kappa shape index (κ1) is 27.9. The molecule has 212 valence electrons. The molecule has 5 rings (SSSR count). The fourth-order valence-electron chi connectivity index (χ4n) is 5.71. The Labute approximate surface area is 233 Å². The average molecular weight is 549 g/mol. The molecular formula is C31H36N2O7. The van der Waals surface area contributed by atoms with E-state index in [9.17, 15) is 14.7 Å². The van der Waals surface area contributed by atoms with Crippen molar-refractivity contribution in [2.24, 2.45) is 5.92 Å². The first-order valence-electron chi connectivity index (χ1n) is 13.9. The van der Waals surface area contributed by atoms with E-state index in [1.165, 1.54) is 30.3 Å². The van der Waals surface area contributed by atoms with Gasteiger partial charge in [-0.2, -0.15) is 0 Å². The van der Waals surface area contributed by atoms with Crippen molar-refractivity contribution in [1.29, 1.82) is 0 Å². The van der Waals surface area contributed by atoms with Crippen LogP contribution in [0.5, 0.6) is 11.5 Å². The van der Waals surface area contributed by atoms with E-state index in [0.717, 1.165) is 31.1 Å². The van der Waals surface area contributed by atoms with Crippen molar-refractivity contribution in [2.45, 2.75) is 63.4 Å². The van der Waals surface area contributed by atoms with Crippen LogP contribution in [0.15, 0.2) is 54.7 Å². The number of pyridine rings is 1. The van der Waals surface area contributed by atoms with E-state index in [-0.39, 0.29) is 36.2 Å². The number of nitrogens with one attached hydrogen (secondary N) is 1. The molecule has 9 heteroatoms. The normalized spacial score (nSPS) is 24.1. The number of methoxy groups -OCH3 is 1. The highest BCUT2D eigenvalue weighted by Crippen LogP contribution is 2.31. The molecule has 1 aliphatic heterocycles. The van der Waals surface area contributed by atoms with Gasteiger partial charge in [0.15, 0.2) is 23.2 Å². The Morgan fingerprint density at radius 1 is 1.10 bits per heavy atom. The van der Waals surface area contributed by atoms with E-state index >= 15 is 0 Å². The highest BCUT2D eigenvalue weighted by Gasteiger charge is 2.38. The van der Waals surface area contributed by atoms with Crippen molar-refractivity contribution in [3.8, 4) is 11.5 Å². The van der Waals surface area contributed by atoms with Crippen molar-refractivity contribution < 1.29 is 33.6 Å². The highest BCUT2D eigenvalue weighted by molar-refractivity contribution is 5.98. The predicted octanol–water partition coefficient (Wildman–Crippen LogP) is 4.20. The van der Waals surface area contributed by atoms with Crippen molar-refractivity contribution in [3.63, 3.8) is 0 Å². The lowest BCUT2D eigenvalue weighted by molar-refractivity contribution is -0.164. The summed E-state index contributed by atoms with van der Waals surface area (Å²) >= 11 is 0. The number of rotatable bonds is 7. The third-order valence-electron chi connectivity index (χ3n) is 7.77. The van der Waals surface area contributed by atoms with Crippen LogP contribution in [0.2, 0.25) is 0 Å². The molecule has 0 spiro atoms. The minimum Gasteiger partial charge on any atom is -0.503 e. The predicted molar refractivity (Wildman–Crippen MR) is 148 cm³/mol. The van der Waals surface area contributed by atoms with Crippen LogP contribution >= 0.6 is 0 Å². The molecule has 2 aliphatic rings. The average Bonchev–Trinajstić information content (AvgIpc) is 3.49. The first-order chi connectivity index (χ1) is 19.4. The van der Waals surface area contributed by atoms with Crippen LogP contribution in [0.25, 0.3) is 10.8 Å². The van der Waals surface area contributed by atoms with Gasteiger partial charge in [0.2, 0.25) is 0 Å². The van der Waals surface area contributed by atoms with Crippen LogP contribution in [0.3, 0.4) is 0 Å². The lowest BCUT2D eigenvalue weighted by Crippen LogP contribution is -2.47. The van der Waals surface area contributed by atoms with Gasteiger partial charge in [0.05, 0.1) is 32.5 Å². The van der Waals surface area contributed by atoms with E-state index in [1.54, 1.807) is 0 Å². The second kappa shape index (κ2) is 12.7. The van der Waals surface area contributed by atoms with E-state index in [1.807, 2.05) is 19.1 Å². The SMILES string of the molecule is COc1ccnc(C(=O)N[C@H]2COC[C@H](Cc3cccc4ccccc34)[C@@H](OC3CCCC3)[C@H](C)OC2=O)c1O. The number of amides is 1. The van der Waals surface area contributed by atoms with Crippen molar-refractivity contribution in [3.05, 3.63) is 66.0 Å². The summed E-state index contributed by atoms with van der Waals surface area (Å²) in [5, 5.41) is 15.3. The summed E-state index contributed by atoms with van der Waals surface area (Å²) in [4.78, 5) is 30.2. The van der Waals surface area contributed by atoms with Gasteiger partial charge < -0.3 is 29.4 Å². The highest BCUT2D eigenvalue weighted by atomic mass is 16.6. The number of benzene rings is 2. The minimum absolute atomic E-state index is 0.0900. The second-order valence-electron chi connectivity index (χ2n) is 10.5. The number of ether oxygens (including phenoxy) is 4. The number of aromatic nitrogens is 1. The van der Waals surface area contributed by atoms with Crippen LogP contribution in [-0.4, -0.2) is 66.6 Å². The number of carbonyl (C=O) groups excluding carboxylic acids is 2. The Morgan fingerprint density at radius 3 is 2.67 bits per heavy atom. The minimum atomic E-state index is -1.09. The van der Waals surface area contributed by atoms with Crippen molar-refractivity contribution >= 4 is 22.6 Å². The van der Waals surface area contributed by atoms with Gasteiger partial charge in [-0.3, -0.25) is 4.79 Å². The number of cyclic esters (lactones) is 1. The molecule has 9 nitrogen and oxygen atoms in total. The molecule has 3 aromatic rings. The van der Waals surface area contributed by atoms with E-state index in [0.29, 0.717) is 13.0 Å². The Kier molecular flexibility index (Phi) is 8.81. The zero-order valence-corrected chi connectivity index (χ0v) is 22.9. The maximum atomic E-state index is 13.2.